The van der Waals surface area contributed by atoms with Gasteiger partial charge in [-0.15, -0.1) is 0 Å². The highest BCUT2D eigenvalue weighted by molar-refractivity contribution is 9.10. The van der Waals surface area contributed by atoms with Gasteiger partial charge in [0.05, 0.1) is 0 Å². The maximum absolute atomic E-state index is 5.87. The van der Waals surface area contributed by atoms with Crippen molar-refractivity contribution in [3.63, 3.8) is 0 Å². The van der Waals surface area contributed by atoms with Crippen LogP contribution >= 0.6 is 27.7 Å². The molecule has 0 unspecified atom stereocenters. The van der Waals surface area contributed by atoms with E-state index in [-0.39, 0.29) is 6.04 Å². The molecule has 0 amide bonds. The molecule has 1 atom stereocenters. The minimum Gasteiger partial charge on any atom is -0.374 e. The monoisotopic (exact) mass is 302 g/mol. The molecule has 0 bridgehead atoms. The van der Waals surface area contributed by atoms with Crippen molar-refractivity contribution in [3.8, 4) is 0 Å². The number of benzene rings is 1. The first kappa shape index (κ1) is 13.9. The van der Waals surface area contributed by atoms with Gasteiger partial charge in [0, 0.05) is 35.5 Å². The lowest BCUT2D eigenvalue weighted by atomic mass is 10.1. The zero-order valence-electron chi connectivity index (χ0n) is 10.0. The van der Waals surface area contributed by atoms with Crippen LogP contribution in [-0.4, -0.2) is 25.6 Å². The molecule has 0 heterocycles. The molecule has 0 aliphatic carbocycles. The largest absolute Gasteiger partial charge is 0.374 e. The topological polar surface area (TPSA) is 29.3 Å². The van der Waals surface area contributed by atoms with Crippen molar-refractivity contribution in [1.29, 1.82) is 0 Å². The van der Waals surface area contributed by atoms with Crippen molar-refractivity contribution in [2.75, 3.05) is 30.5 Å². The first-order valence-corrected chi connectivity index (χ1v) is 7.50. The van der Waals surface area contributed by atoms with Crippen molar-refractivity contribution in [2.45, 2.75) is 13.0 Å². The molecule has 0 spiro atoms. The summed E-state index contributed by atoms with van der Waals surface area (Å²) >= 11 is 5.44. The van der Waals surface area contributed by atoms with Crippen molar-refractivity contribution < 1.29 is 0 Å². The Kier molecular flexibility index (Phi) is 5.66. The van der Waals surface area contributed by atoms with E-state index in [1.165, 1.54) is 5.69 Å². The van der Waals surface area contributed by atoms with Crippen LogP contribution in [0.2, 0.25) is 0 Å². The predicted octanol–water partition coefficient (Wildman–Crippen LogP) is 3.27. The van der Waals surface area contributed by atoms with Crippen LogP contribution < -0.4 is 10.6 Å². The fourth-order valence-corrected chi connectivity index (χ4v) is 2.66. The Morgan fingerprint density at radius 1 is 1.50 bits per heavy atom. The van der Waals surface area contributed by atoms with Crippen molar-refractivity contribution in [2.24, 2.45) is 5.73 Å². The molecule has 2 N–H and O–H groups in total. The van der Waals surface area contributed by atoms with Gasteiger partial charge in [-0.05, 0) is 30.9 Å². The second-order valence-electron chi connectivity index (χ2n) is 3.91. The lowest BCUT2D eigenvalue weighted by Crippen LogP contribution is -2.20. The molecule has 2 nitrogen and oxygen atoms in total. The van der Waals surface area contributed by atoms with Crippen LogP contribution in [0.3, 0.4) is 0 Å². The molecular formula is C12H19BrN2S. The molecule has 90 valence electrons. The number of nitrogens with zero attached hydrogens (tertiary/aromatic N) is 1. The van der Waals surface area contributed by atoms with E-state index in [0.717, 1.165) is 22.3 Å². The maximum atomic E-state index is 5.87. The standard InChI is InChI=1S/C12H19BrN2S/c1-9(14)11-5-4-10(8-12(11)13)15(2)6-7-16-3/h4-5,8-9H,6-7,14H2,1-3H3/t9-/m1/s1. The highest BCUT2D eigenvalue weighted by Gasteiger charge is 2.07. The third-order valence-corrected chi connectivity index (χ3v) is 3.82. The van der Waals surface area contributed by atoms with E-state index in [4.69, 9.17) is 5.73 Å². The molecular weight excluding hydrogens is 284 g/mol. The van der Waals surface area contributed by atoms with Crippen molar-refractivity contribution in [1.82, 2.24) is 0 Å². The zero-order chi connectivity index (χ0) is 12.1. The third-order valence-electron chi connectivity index (χ3n) is 2.55. The second kappa shape index (κ2) is 6.52. The lowest BCUT2D eigenvalue weighted by Gasteiger charge is -2.20. The van der Waals surface area contributed by atoms with Crippen LogP contribution in [-0.2, 0) is 0 Å². The summed E-state index contributed by atoms with van der Waals surface area (Å²) in [6.07, 6.45) is 2.13. The van der Waals surface area contributed by atoms with E-state index in [1.807, 2.05) is 18.7 Å². The Morgan fingerprint density at radius 3 is 2.69 bits per heavy atom. The van der Waals surface area contributed by atoms with Gasteiger partial charge in [0.1, 0.15) is 0 Å². The van der Waals surface area contributed by atoms with Gasteiger partial charge in [-0.3, -0.25) is 0 Å². The average Bonchev–Trinajstić information content (AvgIpc) is 2.25. The van der Waals surface area contributed by atoms with Crippen LogP contribution in [0.15, 0.2) is 22.7 Å². The number of rotatable bonds is 5. The van der Waals surface area contributed by atoms with Gasteiger partial charge >= 0.3 is 0 Å². The van der Waals surface area contributed by atoms with Gasteiger partial charge in [-0.1, -0.05) is 22.0 Å². The number of nitrogens with two attached hydrogens (primary N) is 1. The molecule has 1 aromatic rings. The zero-order valence-corrected chi connectivity index (χ0v) is 12.4. The summed E-state index contributed by atoms with van der Waals surface area (Å²) in [5.74, 6) is 1.14. The molecule has 0 fully saturated rings. The fourth-order valence-electron chi connectivity index (χ4n) is 1.48. The quantitative estimate of drug-likeness (QED) is 0.905. The summed E-state index contributed by atoms with van der Waals surface area (Å²) in [5, 5.41) is 0. The van der Waals surface area contributed by atoms with Crippen LogP contribution in [0.25, 0.3) is 0 Å². The second-order valence-corrected chi connectivity index (χ2v) is 5.75. The smallest absolute Gasteiger partial charge is 0.0375 e. The molecule has 0 aromatic heterocycles. The van der Waals surface area contributed by atoms with Gasteiger partial charge in [0.15, 0.2) is 0 Å². The normalized spacial score (nSPS) is 12.6. The van der Waals surface area contributed by atoms with Gasteiger partial charge in [-0.2, -0.15) is 11.8 Å². The number of hydrogen-bond donors (Lipinski definition) is 1. The van der Waals surface area contributed by atoms with Crippen LogP contribution in [0.4, 0.5) is 5.69 Å². The van der Waals surface area contributed by atoms with Gasteiger partial charge in [-0.25, -0.2) is 0 Å². The Morgan fingerprint density at radius 2 is 2.19 bits per heavy atom. The summed E-state index contributed by atoms with van der Waals surface area (Å²) in [6.45, 7) is 3.06. The van der Waals surface area contributed by atoms with E-state index < -0.39 is 0 Å². The first-order chi connectivity index (χ1) is 7.56. The molecule has 16 heavy (non-hydrogen) atoms. The summed E-state index contributed by atoms with van der Waals surface area (Å²) in [6, 6.07) is 6.43. The SMILES string of the molecule is CSCCN(C)c1ccc([C@@H](C)N)c(Br)c1. The molecule has 0 aliphatic rings. The summed E-state index contributed by atoms with van der Waals surface area (Å²) < 4.78 is 1.09. The van der Waals surface area contributed by atoms with Crippen molar-refractivity contribution >= 4 is 33.4 Å². The van der Waals surface area contributed by atoms with Crippen LogP contribution in [0.1, 0.15) is 18.5 Å². The summed E-state index contributed by atoms with van der Waals surface area (Å²) in [4.78, 5) is 2.26. The Labute approximate surface area is 111 Å². The number of thioether (sulfide) groups is 1. The highest BCUT2D eigenvalue weighted by Crippen LogP contribution is 2.26. The number of hydrogen-bond acceptors (Lipinski definition) is 3. The van der Waals surface area contributed by atoms with E-state index >= 15 is 0 Å². The van der Waals surface area contributed by atoms with E-state index in [0.29, 0.717) is 0 Å². The van der Waals surface area contributed by atoms with Crippen LogP contribution in [0, 0.1) is 0 Å². The Hall–Kier alpha value is -0.190. The molecule has 0 saturated heterocycles. The van der Waals surface area contributed by atoms with E-state index in [2.05, 4.69) is 52.3 Å². The average molecular weight is 303 g/mol. The molecule has 0 aliphatic heterocycles. The maximum Gasteiger partial charge on any atom is 0.0375 e. The number of anilines is 1. The van der Waals surface area contributed by atoms with Gasteiger partial charge < -0.3 is 10.6 Å². The number of halogens is 1. The molecule has 0 radical (unpaired) electrons. The summed E-state index contributed by atoms with van der Waals surface area (Å²) in [7, 11) is 2.11. The highest BCUT2D eigenvalue weighted by atomic mass is 79.9. The molecule has 1 rings (SSSR count). The fraction of sp³-hybridized carbons (Fsp3) is 0.500. The van der Waals surface area contributed by atoms with Gasteiger partial charge in [0.2, 0.25) is 0 Å². The van der Waals surface area contributed by atoms with E-state index in [1.54, 1.807) is 0 Å². The Balaban J connectivity index is 2.80. The van der Waals surface area contributed by atoms with E-state index in [9.17, 15) is 0 Å². The molecule has 4 heteroatoms. The Bertz CT molecular complexity index is 342. The lowest BCUT2D eigenvalue weighted by molar-refractivity contribution is 0.812. The van der Waals surface area contributed by atoms with Crippen LogP contribution in [0.5, 0.6) is 0 Å². The molecule has 0 saturated carbocycles. The predicted molar refractivity (Wildman–Crippen MR) is 78.4 cm³/mol. The van der Waals surface area contributed by atoms with Crippen molar-refractivity contribution in [3.05, 3.63) is 28.2 Å². The van der Waals surface area contributed by atoms with Gasteiger partial charge in [0.25, 0.3) is 0 Å². The molecule has 1 aromatic carbocycles. The first-order valence-electron chi connectivity index (χ1n) is 5.31. The summed E-state index contributed by atoms with van der Waals surface area (Å²) in [5.41, 5.74) is 8.26. The third kappa shape index (κ3) is 3.68. The minimum absolute atomic E-state index is 0.0694. The minimum atomic E-state index is 0.0694.